The molecule has 0 saturated carbocycles. The van der Waals surface area contributed by atoms with E-state index in [0.717, 1.165) is 22.6 Å². The van der Waals surface area contributed by atoms with Crippen molar-refractivity contribution in [1.82, 2.24) is 0 Å². The van der Waals surface area contributed by atoms with Gasteiger partial charge in [0.15, 0.2) is 5.76 Å². The highest BCUT2D eigenvalue weighted by atomic mass is 35.5. The van der Waals surface area contributed by atoms with Crippen LogP contribution in [0.1, 0.15) is 17.4 Å². The Morgan fingerprint density at radius 2 is 1.70 bits per heavy atom. The van der Waals surface area contributed by atoms with Gasteiger partial charge in [0, 0.05) is 10.6 Å². The van der Waals surface area contributed by atoms with Crippen molar-refractivity contribution in [3.05, 3.63) is 83.1 Å². The smallest absolute Gasteiger partial charge is 0.158 e. The van der Waals surface area contributed by atoms with E-state index in [1.807, 2.05) is 72.0 Å². The highest BCUT2D eigenvalue weighted by Crippen LogP contribution is 2.23. The molecule has 3 rings (SSSR count). The van der Waals surface area contributed by atoms with Crippen molar-refractivity contribution in [1.29, 1.82) is 0 Å². The van der Waals surface area contributed by atoms with Crippen LogP contribution in [-0.4, -0.2) is 11.7 Å². The number of hydrogen-bond acceptors (Lipinski definition) is 2. The Morgan fingerprint density at radius 3 is 2.43 bits per heavy atom. The predicted octanol–water partition coefficient (Wildman–Crippen LogP) is 3.40. The van der Waals surface area contributed by atoms with Gasteiger partial charge in [-0.25, -0.2) is 0 Å². The molecular formula is C19H19ClNO2+. The first-order valence-electron chi connectivity index (χ1n) is 7.62. The first-order chi connectivity index (χ1) is 11.2. The molecule has 118 valence electrons. The Kier molecular flexibility index (Phi) is 5.13. The van der Waals surface area contributed by atoms with E-state index in [9.17, 15) is 5.11 Å². The van der Waals surface area contributed by atoms with Gasteiger partial charge in [0.1, 0.15) is 25.0 Å². The van der Waals surface area contributed by atoms with Gasteiger partial charge in [-0.3, -0.25) is 0 Å². The maximum absolute atomic E-state index is 10.1. The fraction of sp³-hybridized carbons (Fsp3) is 0.158. The monoisotopic (exact) mass is 328 g/mol. The molecule has 4 heteroatoms. The van der Waals surface area contributed by atoms with Crippen LogP contribution in [0.2, 0.25) is 5.02 Å². The van der Waals surface area contributed by atoms with Gasteiger partial charge in [0.05, 0.1) is 0 Å². The number of aliphatic hydroxyl groups is 1. The lowest BCUT2D eigenvalue weighted by Crippen LogP contribution is -2.83. The maximum Gasteiger partial charge on any atom is 0.158 e. The van der Waals surface area contributed by atoms with E-state index in [4.69, 9.17) is 16.0 Å². The molecule has 0 unspecified atom stereocenters. The normalized spacial score (nSPS) is 12.3. The lowest BCUT2D eigenvalue weighted by atomic mass is 10.1. The zero-order valence-corrected chi connectivity index (χ0v) is 13.4. The van der Waals surface area contributed by atoms with E-state index in [1.165, 1.54) is 0 Å². The van der Waals surface area contributed by atoms with E-state index in [0.29, 0.717) is 18.1 Å². The van der Waals surface area contributed by atoms with Crippen LogP contribution in [0.5, 0.6) is 0 Å². The quantitative estimate of drug-likeness (QED) is 0.728. The third-order valence-corrected chi connectivity index (χ3v) is 3.96. The molecule has 0 spiro atoms. The lowest BCUT2D eigenvalue weighted by molar-refractivity contribution is -0.679. The summed E-state index contributed by atoms with van der Waals surface area (Å²) in [5.41, 5.74) is 1.94. The molecule has 1 aromatic heterocycles. The maximum atomic E-state index is 10.1. The Hall–Kier alpha value is -2.07. The largest absolute Gasteiger partial charge is 0.455 e. The van der Waals surface area contributed by atoms with Gasteiger partial charge < -0.3 is 14.8 Å². The SMILES string of the molecule is O[C@@H](C[NH2+]Cc1ccc(-c2ccc(Cl)cc2)o1)c1ccccc1. The topological polar surface area (TPSA) is 50.0 Å². The fourth-order valence-electron chi connectivity index (χ4n) is 2.45. The molecule has 0 radical (unpaired) electrons. The molecule has 1 heterocycles. The highest BCUT2D eigenvalue weighted by molar-refractivity contribution is 6.30. The second-order valence-electron chi connectivity index (χ2n) is 5.43. The molecule has 0 amide bonds. The molecule has 1 atom stereocenters. The first kappa shape index (κ1) is 15.8. The number of furan rings is 1. The van der Waals surface area contributed by atoms with Crippen molar-refractivity contribution >= 4 is 11.6 Å². The zero-order valence-electron chi connectivity index (χ0n) is 12.7. The Balaban J connectivity index is 1.54. The Morgan fingerprint density at radius 1 is 0.957 bits per heavy atom. The molecule has 0 aliphatic carbocycles. The molecule has 23 heavy (non-hydrogen) atoms. The number of quaternary nitrogens is 1. The second-order valence-corrected chi connectivity index (χ2v) is 5.86. The van der Waals surface area contributed by atoms with Gasteiger partial charge in [0.25, 0.3) is 0 Å². The summed E-state index contributed by atoms with van der Waals surface area (Å²) in [5, 5.41) is 12.9. The summed E-state index contributed by atoms with van der Waals surface area (Å²) in [6, 6.07) is 21.2. The van der Waals surface area contributed by atoms with Crippen molar-refractivity contribution in [2.75, 3.05) is 6.54 Å². The molecule has 3 aromatic rings. The minimum Gasteiger partial charge on any atom is -0.455 e. The minimum atomic E-state index is -0.470. The zero-order chi connectivity index (χ0) is 16.1. The van der Waals surface area contributed by atoms with Gasteiger partial charge >= 0.3 is 0 Å². The van der Waals surface area contributed by atoms with E-state index >= 15 is 0 Å². The molecule has 3 N–H and O–H groups in total. The van der Waals surface area contributed by atoms with E-state index < -0.39 is 6.10 Å². The number of halogens is 1. The third kappa shape index (κ3) is 4.23. The van der Waals surface area contributed by atoms with Crippen LogP contribution < -0.4 is 5.32 Å². The number of benzene rings is 2. The van der Waals surface area contributed by atoms with E-state index in [1.54, 1.807) is 0 Å². The molecule has 0 aliphatic rings. The molecule has 0 saturated heterocycles. The van der Waals surface area contributed by atoms with Crippen LogP contribution in [0.4, 0.5) is 0 Å². The van der Waals surface area contributed by atoms with Crippen LogP contribution >= 0.6 is 11.6 Å². The fourth-order valence-corrected chi connectivity index (χ4v) is 2.58. The second kappa shape index (κ2) is 7.47. The summed E-state index contributed by atoms with van der Waals surface area (Å²) in [6.45, 7) is 1.29. The van der Waals surface area contributed by atoms with Crippen molar-refractivity contribution in [3.63, 3.8) is 0 Å². The number of hydrogen-bond donors (Lipinski definition) is 2. The molecule has 0 fully saturated rings. The summed E-state index contributed by atoms with van der Waals surface area (Å²) in [5.74, 6) is 1.71. The minimum absolute atomic E-state index is 0.470. The number of rotatable bonds is 6. The average molecular weight is 329 g/mol. The van der Waals surface area contributed by atoms with Crippen molar-refractivity contribution in [2.45, 2.75) is 12.6 Å². The van der Waals surface area contributed by atoms with Crippen molar-refractivity contribution in [2.24, 2.45) is 0 Å². The molecule has 0 bridgehead atoms. The lowest BCUT2D eigenvalue weighted by Gasteiger charge is -2.08. The summed E-state index contributed by atoms with van der Waals surface area (Å²) < 4.78 is 5.84. The summed E-state index contributed by atoms with van der Waals surface area (Å²) in [4.78, 5) is 0. The van der Waals surface area contributed by atoms with Crippen LogP contribution in [0, 0.1) is 0 Å². The van der Waals surface area contributed by atoms with Gasteiger partial charge in [-0.1, -0.05) is 41.9 Å². The van der Waals surface area contributed by atoms with Crippen LogP contribution in [0.3, 0.4) is 0 Å². The van der Waals surface area contributed by atoms with E-state index in [2.05, 4.69) is 0 Å². The molecule has 2 aromatic carbocycles. The summed E-state index contributed by atoms with van der Waals surface area (Å²) in [6.07, 6.45) is -0.470. The molecule has 0 aliphatic heterocycles. The predicted molar refractivity (Wildman–Crippen MR) is 91.1 cm³/mol. The Bertz CT molecular complexity index is 738. The van der Waals surface area contributed by atoms with Gasteiger partial charge in [0.2, 0.25) is 0 Å². The number of nitrogens with two attached hydrogens (primary N) is 1. The Labute approximate surface area is 140 Å². The van der Waals surface area contributed by atoms with Gasteiger partial charge in [-0.15, -0.1) is 0 Å². The van der Waals surface area contributed by atoms with Gasteiger partial charge in [-0.2, -0.15) is 0 Å². The van der Waals surface area contributed by atoms with E-state index in [-0.39, 0.29) is 0 Å². The standard InChI is InChI=1S/C19H18ClNO2/c20-16-8-6-15(7-9-16)19-11-10-17(23-19)12-21-13-18(22)14-4-2-1-3-5-14/h1-11,18,21-22H,12-13H2/p+1/t18-/m0/s1. The third-order valence-electron chi connectivity index (χ3n) is 3.71. The van der Waals surface area contributed by atoms with Crippen LogP contribution in [-0.2, 0) is 6.54 Å². The highest BCUT2D eigenvalue weighted by Gasteiger charge is 2.10. The van der Waals surface area contributed by atoms with Crippen molar-refractivity contribution in [3.8, 4) is 11.3 Å². The van der Waals surface area contributed by atoms with Crippen molar-refractivity contribution < 1.29 is 14.8 Å². The average Bonchev–Trinajstić information content (AvgIpc) is 3.05. The van der Waals surface area contributed by atoms with Crippen LogP contribution in [0.15, 0.2) is 71.1 Å². The van der Waals surface area contributed by atoms with Gasteiger partial charge in [-0.05, 0) is 42.0 Å². The van der Waals surface area contributed by atoms with Crippen LogP contribution in [0.25, 0.3) is 11.3 Å². The summed E-state index contributed by atoms with van der Waals surface area (Å²) >= 11 is 5.89. The number of aliphatic hydroxyl groups excluding tert-OH is 1. The molecule has 3 nitrogen and oxygen atoms in total. The first-order valence-corrected chi connectivity index (χ1v) is 7.99. The summed E-state index contributed by atoms with van der Waals surface area (Å²) in [7, 11) is 0. The molecular weight excluding hydrogens is 310 g/mol.